The fourth-order valence-corrected chi connectivity index (χ4v) is 1.69. The monoisotopic (exact) mass is 283 g/mol. The molecule has 5 nitrogen and oxygen atoms in total. The van der Waals surface area contributed by atoms with E-state index < -0.39 is 5.91 Å². The zero-order valence-electron chi connectivity index (χ0n) is 11.0. The lowest BCUT2D eigenvalue weighted by atomic mass is 10.1. The number of aliphatic hydroxyl groups is 1. The Bertz CT molecular complexity index is 711. The van der Waals surface area contributed by atoms with Crippen molar-refractivity contribution in [3.8, 4) is 23.3 Å². The number of anilines is 1. The van der Waals surface area contributed by atoms with E-state index in [1.807, 2.05) is 0 Å². The summed E-state index contributed by atoms with van der Waals surface area (Å²) in [5.74, 6) is 4.37. The number of hydrogen-bond acceptors (Lipinski definition) is 4. The molecule has 0 heterocycles. The second-order valence-corrected chi connectivity index (χ2v) is 4.19. The van der Waals surface area contributed by atoms with Gasteiger partial charge in [-0.25, -0.2) is 0 Å². The average Bonchev–Trinajstić information content (AvgIpc) is 2.46. The molecule has 1 amide bonds. The van der Waals surface area contributed by atoms with E-state index in [1.54, 1.807) is 24.3 Å². The van der Waals surface area contributed by atoms with E-state index in [4.69, 9.17) is 5.11 Å². The summed E-state index contributed by atoms with van der Waals surface area (Å²) in [6, 6.07) is 10.5. The molecule has 21 heavy (non-hydrogen) atoms. The zero-order chi connectivity index (χ0) is 15.2. The molecule has 5 heteroatoms. The molecule has 0 aromatic heterocycles. The van der Waals surface area contributed by atoms with Crippen molar-refractivity contribution in [1.29, 1.82) is 0 Å². The van der Waals surface area contributed by atoms with Gasteiger partial charge in [0.1, 0.15) is 18.1 Å². The molecule has 0 saturated carbocycles. The Morgan fingerprint density at radius 2 is 1.81 bits per heavy atom. The van der Waals surface area contributed by atoms with Gasteiger partial charge in [-0.15, -0.1) is 0 Å². The summed E-state index contributed by atoms with van der Waals surface area (Å²) in [6.07, 6.45) is 0. The van der Waals surface area contributed by atoms with Crippen molar-refractivity contribution < 1.29 is 20.1 Å². The Morgan fingerprint density at radius 3 is 2.43 bits per heavy atom. The number of benzene rings is 2. The predicted molar refractivity (Wildman–Crippen MR) is 78.1 cm³/mol. The molecule has 0 bridgehead atoms. The van der Waals surface area contributed by atoms with Gasteiger partial charge in [-0.2, -0.15) is 0 Å². The van der Waals surface area contributed by atoms with Gasteiger partial charge in [-0.1, -0.05) is 11.8 Å². The first-order chi connectivity index (χ1) is 10.1. The maximum absolute atomic E-state index is 12.0. The minimum absolute atomic E-state index is 0.0666. The minimum atomic E-state index is -0.485. The van der Waals surface area contributed by atoms with Crippen molar-refractivity contribution in [3.63, 3.8) is 0 Å². The normalized spacial score (nSPS) is 9.57. The van der Waals surface area contributed by atoms with E-state index in [1.165, 1.54) is 12.1 Å². The highest BCUT2D eigenvalue weighted by atomic mass is 16.3. The van der Waals surface area contributed by atoms with Gasteiger partial charge < -0.3 is 20.6 Å². The van der Waals surface area contributed by atoms with Crippen molar-refractivity contribution in [3.05, 3.63) is 53.6 Å². The van der Waals surface area contributed by atoms with Gasteiger partial charge in [0.15, 0.2) is 0 Å². The number of carbonyl (C=O) groups excluding carboxylic acids is 1. The van der Waals surface area contributed by atoms with Gasteiger partial charge in [-0.05, 0) is 36.4 Å². The van der Waals surface area contributed by atoms with Crippen molar-refractivity contribution in [2.24, 2.45) is 0 Å². The van der Waals surface area contributed by atoms with E-state index >= 15 is 0 Å². The third-order valence-corrected chi connectivity index (χ3v) is 2.68. The van der Waals surface area contributed by atoms with Gasteiger partial charge in [-0.3, -0.25) is 4.79 Å². The van der Waals surface area contributed by atoms with E-state index in [-0.39, 0.29) is 23.7 Å². The number of phenolic OH excluding ortho intramolecular Hbond substituents is 2. The molecule has 0 aliphatic carbocycles. The molecule has 2 rings (SSSR count). The molecule has 4 N–H and O–H groups in total. The van der Waals surface area contributed by atoms with Crippen LogP contribution in [0.3, 0.4) is 0 Å². The number of phenols is 2. The Balaban J connectivity index is 2.12. The molecular formula is C16H13NO4. The van der Waals surface area contributed by atoms with Crippen LogP contribution in [0.2, 0.25) is 0 Å². The van der Waals surface area contributed by atoms with Crippen LogP contribution in [-0.4, -0.2) is 27.8 Å². The lowest BCUT2D eigenvalue weighted by Crippen LogP contribution is -2.11. The maximum atomic E-state index is 12.0. The second kappa shape index (κ2) is 6.46. The summed E-state index contributed by atoms with van der Waals surface area (Å²) in [5, 5.41) is 30.0. The summed E-state index contributed by atoms with van der Waals surface area (Å²) >= 11 is 0. The third-order valence-electron chi connectivity index (χ3n) is 2.68. The average molecular weight is 283 g/mol. The minimum Gasteiger partial charge on any atom is -0.508 e. The van der Waals surface area contributed by atoms with E-state index in [0.717, 1.165) is 11.6 Å². The van der Waals surface area contributed by atoms with Crippen LogP contribution in [-0.2, 0) is 0 Å². The molecule has 0 unspecified atom stereocenters. The van der Waals surface area contributed by atoms with Crippen LogP contribution in [0.15, 0.2) is 42.5 Å². The highest BCUT2D eigenvalue weighted by Crippen LogP contribution is 2.23. The van der Waals surface area contributed by atoms with Gasteiger partial charge in [0, 0.05) is 17.3 Å². The summed E-state index contributed by atoms with van der Waals surface area (Å²) < 4.78 is 0. The number of hydrogen-bond donors (Lipinski definition) is 4. The Labute approximate surface area is 121 Å². The second-order valence-electron chi connectivity index (χ2n) is 4.19. The standard InChI is InChI=1S/C16H13NO4/c18-9-1-2-11-3-5-12(6-4-11)17-16(21)14-8-7-13(19)10-15(14)20/h3-8,10,18-20H,9H2,(H,17,21). The number of aromatic hydroxyl groups is 2. The number of nitrogens with one attached hydrogen (secondary N) is 1. The fourth-order valence-electron chi connectivity index (χ4n) is 1.69. The number of carbonyl (C=O) groups is 1. The zero-order valence-corrected chi connectivity index (χ0v) is 11.0. The summed E-state index contributed by atoms with van der Waals surface area (Å²) in [4.78, 5) is 12.0. The molecule has 106 valence electrons. The van der Waals surface area contributed by atoms with E-state index in [9.17, 15) is 15.0 Å². The summed E-state index contributed by atoms with van der Waals surface area (Å²) in [7, 11) is 0. The molecule has 0 aliphatic rings. The maximum Gasteiger partial charge on any atom is 0.259 e. The lowest BCUT2D eigenvalue weighted by Gasteiger charge is -2.07. The first kappa shape index (κ1) is 14.4. The van der Waals surface area contributed by atoms with Gasteiger partial charge in [0.05, 0.1) is 5.56 Å². The number of aliphatic hydroxyl groups excluding tert-OH is 1. The Kier molecular flexibility index (Phi) is 4.44. The summed E-state index contributed by atoms with van der Waals surface area (Å²) in [5.41, 5.74) is 1.33. The van der Waals surface area contributed by atoms with Crippen molar-refractivity contribution in [2.45, 2.75) is 0 Å². The molecule has 0 radical (unpaired) electrons. The van der Waals surface area contributed by atoms with E-state index in [0.29, 0.717) is 5.69 Å². The third kappa shape index (κ3) is 3.75. The van der Waals surface area contributed by atoms with Crippen molar-refractivity contribution >= 4 is 11.6 Å². The Hall–Kier alpha value is -2.97. The van der Waals surface area contributed by atoms with Gasteiger partial charge in [0.25, 0.3) is 5.91 Å². The molecule has 2 aromatic rings. The molecular weight excluding hydrogens is 270 g/mol. The molecule has 0 saturated heterocycles. The molecule has 0 spiro atoms. The lowest BCUT2D eigenvalue weighted by molar-refractivity contribution is 0.102. The quantitative estimate of drug-likeness (QED) is 0.631. The van der Waals surface area contributed by atoms with Crippen LogP contribution >= 0.6 is 0 Å². The van der Waals surface area contributed by atoms with Crippen LogP contribution in [0.1, 0.15) is 15.9 Å². The first-order valence-electron chi connectivity index (χ1n) is 6.13. The summed E-state index contributed by atoms with van der Waals surface area (Å²) in [6.45, 7) is -0.210. The highest BCUT2D eigenvalue weighted by molar-refractivity contribution is 6.06. The SMILES string of the molecule is O=C(Nc1ccc(C#CCO)cc1)c1ccc(O)cc1O. The molecule has 0 atom stereocenters. The Morgan fingerprint density at radius 1 is 1.10 bits per heavy atom. The number of amides is 1. The molecule has 0 fully saturated rings. The highest BCUT2D eigenvalue weighted by Gasteiger charge is 2.11. The van der Waals surface area contributed by atoms with Crippen LogP contribution < -0.4 is 5.32 Å². The molecule has 0 aliphatic heterocycles. The largest absolute Gasteiger partial charge is 0.508 e. The van der Waals surface area contributed by atoms with Crippen molar-refractivity contribution in [2.75, 3.05) is 11.9 Å². The van der Waals surface area contributed by atoms with E-state index in [2.05, 4.69) is 17.2 Å². The van der Waals surface area contributed by atoms with Crippen molar-refractivity contribution in [1.82, 2.24) is 0 Å². The van der Waals surface area contributed by atoms with Gasteiger partial charge in [0.2, 0.25) is 0 Å². The van der Waals surface area contributed by atoms with Crippen LogP contribution in [0.4, 0.5) is 5.69 Å². The van der Waals surface area contributed by atoms with Gasteiger partial charge >= 0.3 is 0 Å². The van der Waals surface area contributed by atoms with Crippen LogP contribution in [0, 0.1) is 11.8 Å². The molecule has 2 aromatic carbocycles. The first-order valence-corrected chi connectivity index (χ1v) is 6.13. The van der Waals surface area contributed by atoms with Crippen LogP contribution in [0.5, 0.6) is 11.5 Å². The smallest absolute Gasteiger partial charge is 0.259 e. The fraction of sp³-hybridized carbons (Fsp3) is 0.0625. The number of rotatable bonds is 2. The van der Waals surface area contributed by atoms with Crippen LogP contribution in [0.25, 0.3) is 0 Å². The predicted octanol–water partition coefficient (Wildman–Crippen LogP) is 1.69. The topological polar surface area (TPSA) is 89.8 Å².